The van der Waals surface area contributed by atoms with Crippen molar-refractivity contribution < 1.29 is 4.55 Å². The lowest BCUT2D eigenvalue weighted by molar-refractivity contribution is 0.330. The molecular formula is C16H25N5OS. The number of aromatic nitrogens is 1. The predicted octanol–water partition coefficient (Wildman–Crippen LogP) is 1.09. The molecule has 0 aromatic carbocycles. The SMILES string of the molecule is CN1CCC(N2CCN(c3ccnc(N4CCCC4)c3)[S+]2[O-])C1. The molecule has 0 N–H and O–H groups in total. The Balaban J connectivity index is 1.49. The molecule has 4 rings (SSSR count). The molecule has 3 aliphatic heterocycles. The second-order valence-corrected chi connectivity index (χ2v) is 8.12. The Morgan fingerprint density at radius 1 is 1.17 bits per heavy atom. The monoisotopic (exact) mass is 335 g/mol. The zero-order valence-corrected chi connectivity index (χ0v) is 14.5. The third-order valence-corrected chi connectivity index (χ3v) is 6.79. The lowest BCUT2D eigenvalue weighted by Crippen LogP contribution is -2.41. The summed E-state index contributed by atoms with van der Waals surface area (Å²) in [5.41, 5.74) is 1.04. The summed E-state index contributed by atoms with van der Waals surface area (Å²) in [5.74, 6) is 1.02. The van der Waals surface area contributed by atoms with Gasteiger partial charge < -0.3 is 14.4 Å². The highest BCUT2D eigenvalue weighted by atomic mass is 32.2. The van der Waals surface area contributed by atoms with Crippen LogP contribution in [0.25, 0.3) is 0 Å². The van der Waals surface area contributed by atoms with Gasteiger partial charge in [-0.05, 0) is 38.9 Å². The van der Waals surface area contributed by atoms with Gasteiger partial charge in [0.25, 0.3) is 0 Å². The lowest BCUT2D eigenvalue weighted by Gasteiger charge is -2.26. The van der Waals surface area contributed by atoms with Crippen LogP contribution < -0.4 is 9.21 Å². The van der Waals surface area contributed by atoms with Gasteiger partial charge in [0.2, 0.25) is 0 Å². The number of hydrogen-bond donors (Lipinski definition) is 0. The minimum absolute atomic E-state index is 0.422. The third kappa shape index (κ3) is 3.03. The first-order valence-corrected chi connectivity index (χ1v) is 9.64. The first kappa shape index (κ1) is 15.5. The fourth-order valence-corrected chi connectivity index (χ4v) is 5.28. The molecule has 0 radical (unpaired) electrons. The summed E-state index contributed by atoms with van der Waals surface area (Å²) < 4.78 is 17.1. The van der Waals surface area contributed by atoms with E-state index in [1.54, 1.807) is 0 Å². The van der Waals surface area contributed by atoms with Crippen LogP contribution >= 0.6 is 0 Å². The summed E-state index contributed by atoms with van der Waals surface area (Å²) in [6, 6.07) is 4.51. The largest absolute Gasteiger partial charge is 0.573 e. The van der Waals surface area contributed by atoms with Crippen molar-refractivity contribution in [2.75, 3.05) is 55.5 Å². The molecule has 3 aliphatic rings. The van der Waals surface area contributed by atoms with Crippen molar-refractivity contribution in [3.05, 3.63) is 18.3 Å². The van der Waals surface area contributed by atoms with E-state index in [9.17, 15) is 4.55 Å². The van der Waals surface area contributed by atoms with Crippen molar-refractivity contribution in [1.82, 2.24) is 14.2 Å². The van der Waals surface area contributed by atoms with E-state index in [2.05, 4.69) is 32.2 Å². The van der Waals surface area contributed by atoms with Crippen LogP contribution in [0.15, 0.2) is 18.3 Å². The Morgan fingerprint density at radius 3 is 2.74 bits per heavy atom. The minimum atomic E-state index is -1.07. The van der Waals surface area contributed by atoms with E-state index < -0.39 is 11.5 Å². The summed E-state index contributed by atoms with van der Waals surface area (Å²) >= 11 is -1.07. The van der Waals surface area contributed by atoms with E-state index >= 15 is 0 Å². The van der Waals surface area contributed by atoms with Crippen molar-refractivity contribution >= 4 is 23.1 Å². The van der Waals surface area contributed by atoms with Crippen molar-refractivity contribution in [2.24, 2.45) is 0 Å². The molecule has 1 aromatic rings. The van der Waals surface area contributed by atoms with Gasteiger partial charge in [-0.25, -0.2) is 4.98 Å². The highest BCUT2D eigenvalue weighted by molar-refractivity contribution is 7.90. The van der Waals surface area contributed by atoms with Gasteiger partial charge in [-0.15, -0.1) is 0 Å². The standard InChI is InChI=1S/C16H25N5OS/c1-18-9-5-15(13-18)21-11-10-20(23(21)22)14-4-6-17-16(12-14)19-7-2-3-8-19/h4,6,12,15H,2-3,5,7-11,13H2,1H3. The normalized spacial score (nSPS) is 29.8. The maximum absolute atomic E-state index is 12.9. The Hall–Kier alpha value is -1.02. The summed E-state index contributed by atoms with van der Waals surface area (Å²) in [6.07, 6.45) is 5.45. The van der Waals surface area contributed by atoms with Crippen LogP contribution in [0.2, 0.25) is 0 Å². The van der Waals surface area contributed by atoms with Crippen molar-refractivity contribution in [1.29, 1.82) is 0 Å². The van der Waals surface area contributed by atoms with Crippen LogP contribution in [0.1, 0.15) is 19.3 Å². The Labute approximate surface area is 141 Å². The molecule has 0 bridgehead atoms. The molecule has 4 heterocycles. The zero-order chi connectivity index (χ0) is 15.8. The van der Waals surface area contributed by atoms with Gasteiger partial charge in [0, 0.05) is 31.9 Å². The summed E-state index contributed by atoms with van der Waals surface area (Å²) in [5, 5.41) is 0. The van der Waals surface area contributed by atoms with E-state index in [1.165, 1.54) is 12.8 Å². The van der Waals surface area contributed by atoms with Gasteiger partial charge in [-0.1, -0.05) is 4.31 Å². The summed E-state index contributed by atoms with van der Waals surface area (Å²) in [6.45, 7) is 6.00. The summed E-state index contributed by atoms with van der Waals surface area (Å²) in [7, 11) is 2.14. The second-order valence-electron chi connectivity index (χ2n) is 6.74. The molecule has 1 aromatic heterocycles. The Kier molecular flexibility index (Phi) is 4.36. The Bertz CT molecular complexity index is 553. The smallest absolute Gasteiger partial charge is 0.169 e. The molecule has 23 heavy (non-hydrogen) atoms. The van der Waals surface area contributed by atoms with Crippen molar-refractivity contribution in [2.45, 2.75) is 25.3 Å². The van der Waals surface area contributed by atoms with Crippen LogP contribution in [0.3, 0.4) is 0 Å². The molecule has 3 fully saturated rings. The average Bonchev–Trinajstić information content (AvgIpc) is 3.28. The molecular weight excluding hydrogens is 310 g/mol. The van der Waals surface area contributed by atoms with E-state index in [0.717, 1.165) is 57.2 Å². The first-order valence-electron chi connectivity index (χ1n) is 8.58. The maximum atomic E-state index is 12.9. The van der Waals surface area contributed by atoms with Crippen LogP contribution in [0.5, 0.6) is 0 Å². The minimum Gasteiger partial charge on any atom is -0.573 e. The van der Waals surface area contributed by atoms with E-state index in [0.29, 0.717) is 6.04 Å². The number of hydrogen-bond acceptors (Lipinski definition) is 6. The zero-order valence-electron chi connectivity index (χ0n) is 13.7. The molecule has 0 spiro atoms. The fraction of sp³-hybridized carbons (Fsp3) is 0.688. The number of nitrogens with zero attached hydrogens (tertiary/aromatic N) is 5. The Morgan fingerprint density at radius 2 is 2.00 bits per heavy atom. The maximum Gasteiger partial charge on any atom is 0.169 e. The highest BCUT2D eigenvalue weighted by Gasteiger charge is 2.43. The topological polar surface area (TPSA) is 48.9 Å². The van der Waals surface area contributed by atoms with E-state index in [4.69, 9.17) is 0 Å². The molecule has 3 saturated heterocycles. The molecule has 2 atom stereocenters. The molecule has 6 nitrogen and oxygen atoms in total. The number of rotatable bonds is 3. The summed E-state index contributed by atoms with van der Waals surface area (Å²) in [4.78, 5) is 9.15. The number of pyridine rings is 1. The number of likely N-dealkylation sites (N-methyl/N-ethyl adjacent to an activating group) is 1. The first-order chi connectivity index (χ1) is 11.2. The third-order valence-electron chi connectivity index (χ3n) is 5.13. The predicted molar refractivity (Wildman–Crippen MR) is 93.8 cm³/mol. The molecule has 0 saturated carbocycles. The molecule has 126 valence electrons. The lowest BCUT2D eigenvalue weighted by atomic mass is 10.2. The van der Waals surface area contributed by atoms with Gasteiger partial charge in [0.05, 0.1) is 24.8 Å². The van der Waals surface area contributed by atoms with Crippen LogP contribution in [0.4, 0.5) is 11.5 Å². The van der Waals surface area contributed by atoms with Gasteiger partial charge in [0.15, 0.2) is 11.5 Å². The average molecular weight is 335 g/mol. The van der Waals surface area contributed by atoms with Crippen LogP contribution in [-0.4, -0.2) is 71.1 Å². The van der Waals surface area contributed by atoms with Crippen molar-refractivity contribution in [3.8, 4) is 0 Å². The molecule has 2 unspecified atom stereocenters. The van der Waals surface area contributed by atoms with E-state index in [-0.39, 0.29) is 0 Å². The van der Waals surface area contributed by atoms with E-state index in [1.807, 2.05) is 16.6 Å². The quantitative estimate of drug-likeness (QED) is 0.771. The second kappa shape index (κ2) is 6.47. The van der Waals surface area contributed by atoms with Crippen molar-refractivity contribution in [3.63, 3.8) is 0 Å². The number of likely N-dealkylation sites (tertiary alicyclic amines) is 1. The molecule has 0 amide bonds. The molecule has 7 heteroatoms. The fourth-order valence-electron chi connectivity index (χ4n) is 3.83. The van der Waals surface area contributed by atoms with Gasteiger partial charge in [0.1, 0.15) is 5.82 Å². The van der Waals surface area contributed by atoms with Gasteiger partial charge in [-0.2, -0.15) is 4.31 Å². The highest BCUT2D eigenvalue weighted by Crippen LogP contribution is 2.31. The van der Waals surface area contributed by atoms with Crippen LogP contribution in [-0.2, 0) is 11.5 Å². The van der Waals surface area contributed by atoms with Gasteiger partial charge >= 0.3 is 0 Å². The molecule has 0 aliphatic carbocycles. The van der Waals surface area contributed by atoms with Crippen LogP contribution in [0, 0.1) is 0 Å². The van der Waals surface area contributed by atoms with Gasteiger partial charge in [-0.3, -0.25) is 0 Å². The number of anilines is 2.